The molecule has 150 valence electrons. The summed E-state index contributed by atoms with van der Waals surface area (Å²) in [6.07, 6.45) is 1.09. The molecule has 1 aromatic carbocycles. The van der Waals surface area contributed by atoms with E-state index in [9.17, 15) is 13.2 Å². The summed E-state index contributed by atoms with van der Waals surface area (Å²) < 4.78 is 26.4. The van der Waals surface area contributed by atoms with Crippen LogP contribution in [0.25, 0.3) is 10.2 Å². The van der Waals surface area contributed by atoms with Gasteiger partial charge in [0.2, 0.25) is 15.9 Å². The Bertz CT molecular complexity index is 897. The number of nitrogens with zero attached hydrogens (tertiary/aromatic N) is 4. The van der Waals surface area contributed by atoms with E-state index in [0.717, 1.165) is 38.3 Å². The van der Waals surface area contributed by atoms with Crippen LogP contribution >= 0.6 is 27.3 Å². The van der Waals surface area contributed by atoms with Crippen LogP contribution in [0.3, 0.4) is 0 Å². The highest BCUT2D eigenvalue weighted by Gasteiger charge is 2.24. The van der Waals surface area contributed by atoms with Gasteiger partial charge < -0.3 is 4.90 Å². The molecular formula is C17H25BrN4O3S2. The van der Waals surface area contributed by atoms with Crippen LogP contribution in [0.4, 0.5) is 5.13 Å². The predicted molar refractivity (Wildman–Crippen MR) is 115 cm³/mol. The van der Waals surface area contributed by atoms with Gasteiger partial charge in [-0.05, 0) is 31.3 Å². The standard InChI is InChI=1S/C17H25BrN4O3S2/c1-5-21(6-2)9-10-22(16(23)12-20(3)27(4,24)25)17-19-14-8-7-13(18)11-15(14)26-17/h7-8,11H,5-6,9-10,12H2,1-4H3. The third kappa shape index (κ3) is 5.95. The van der Waals surface area contributed by atoms with E-state index in [2.05, 4.69) is 39.7 Å². The number of aromatic nitrogens is 1. The van der Waals surface area contributed by atoms with E-state index in [4.69, 9.17) is 0 Å². The van der Waals surface area contributed by atoms with Gasteiger partial charge in [0.25, 0.3) is 0 Å². The zero-order chi connectivity index (χ0) is 20.2. The van der Waals surface area contributed by atoms with Gasteiger partial charge in [-0.2, -0.15) is 4.31 Å². The molecule has 27 heavy (non-hydrogen) atoms. The van der Waals surface area contributed by atoms with Gasteiger partial charge in [0, 0.05) is 24.6 Å². The first kappa shape index (κ1) is 22.2. The topological polar surface area (TPSA) is 73.8 Å². The Labute approximate surface area is 173 Å². The predicted octanol–water partition coefficient (Wildman–Crippen LogP) is 2.63. The Morgan fingerprint density at radius 1 is 1.22 bits per heavy atom. The zero-order valence-electron chi connectivity index (χ0n) is 16.0. The lowest BCUT2D eigenvalue weighted by Gasteiger charge is -2.26. The van der Waals surface area contributed by atoms with E-state index in [1.54, 1.807) is 4.90 Å². The number of benzene rings is 1. The average molecular weight is 477 g/mol. The number of likely N-dealkylation sites (N-methyl/N-ethyl adjacent to an activating group) is 2. The highest BCUT2D eigenvalue weighted by atomic mass is 79.9. The molecular weight excluding hydrogens is 452 g/mol. The van der Waals surface area contributed by atoms with E-state index in [1.807, 2.05) is 18.2 Å². The molecule has 0 unspecified atom stereocenters. The van der Waals surface area contributed by atoms with E-state index in [1.165, 1.54) is 18.4 Å². The summed E-state index contributed by atoms with van der Waals surface area (Å²) in [6, 6.07) is 5.77. The smallest absolute Gasteiger partial charge is 0.244 e. The van der Waals surface area contributed by atoms with Crippen molar-refractivity contribution in [2.75, 3.05) is 50.9 Å². The van der Waals surface area contributed by atoms with Crippen molar-refractivity contribution < 1.29 is 13.2 Å². The van der Waals surface area contributed by atoms with Gasteiger partial charge in [-0.25, -0.2) is 13.4 Å². The molecule has 0 saturated carbocycles. The lowest BCUT2D eigenvalue weighted by molar-refractivity contribution is -0.118. The van der Waals surface area contributed by atoms with Crippen LogP contribution in [-0.2, 0) is 14.8 Å². The number of halogens is 1. The van der Waals surface area contributed by atoms with Crippen LogP contribution < -0.4 is 4.90 Å². The summed E-state index contributed by atoms with van der Waals surface area (Å²) in [7, 11) is -2.02. The van der Waals surface area contributed by atoms with Gasteiger partial charge in [-0.1, -0.05) is 41.1 Å². The molecule has 0 aliphatic carbocycles. The second kappa shape index (κ2) is 9.42. The van der Waals surface area contributed by atoms with Crippen molar-refractivity contribution in [3.8, 4) is 0 Å². The van der Waals surface area contributed by atoms with Gasteiger partial charge in [0.15, 0.2) is 5.13 Å². The molecule has 0 atom stereocenters. The van der Waals surface area contributed by atoms with Gasteiger partial charge in [0.1, 0.15) is 0 Å². The van der Waals surface area contributed by atoms with Crippen molar-refractivity contribution >= 4 is 58.5 Å². The normalized spacial score (nSPS) is 12.3. The Balaban J connectivity index is 2.31. The summed E-state index contributed by atoms with van der Waals surface area (Å²) in [5.74, 6) is -0.284. The fraction of sp³-hybridized carbons (Fsp3) is 0.529. The van der Waals surface area contributed by atoms with Crippen LogP contribution in [-0.4, -0.2) is 74.5 Å². The fourth-order valence-electron chi connectivity index (χ4n) is 2.50. The number of rotatable bonds is 9. The molecule has 10 heteroatoms. The molecule has 0 aliphatic heterocycles. The van der Waals surface area contributed by atoms with Crippen LogP contribution in [0.5, 0.6) is 0 Å². The number of carbonyl (C=O) groups excluding carboxylic acids is 1. The van der Waals surface area contributed by atoms with Crippen LogP contribution in [0.1, 0.15) is 13.8 Å². The maximum absolute atomic E-state index is 12.9. The number of thiazole rings is 1. The van der Waals surface area contributed by atoms with Crippen LogP contribution in [0.2, 0.25) is 0 Å². The van der Waals surface area contributed by atoms with Gasteiger partial charge >= 0.3 is 0 Å². The van der Waals surface area contributed by atoms with Crippen molar-refractivity contribution in [1.29, 1.82) is 0 Å². The third-order valence-electron chi connectivity index (χ3n) is 4.33. The lowest BCUT2D eigenvalue weighted by Crippen LogP contribution is -2.44. The number of sulfonamides is 1. The zero-order valence-corrected chi connectivity index (χ0v) is 19.2. The minimum Gasteiger partial charge on any atom is -0.302 e. The molecule has 1 amide bonds. The van der Waals surface area contributed by atoms with E-state index in [-0.39, 0.29) is 12.5 Å². The maximum atomic E-state index is 12.9. The summed E-state index contributed by atoms with van der Waals surface area (Å²) in [6.45, 7) is 6.85. The molecule has 0 saturated heterocycles. The minimum atomic E-state index is -3.43. The Hall–Kier alpha value is -1.07. The number of hydrogen-bond acceptors (Lipinski definition) is 6. The maximum Gasteiger partial charge on any atom is 0.244 e. The SMILES string of the molecule is CCN(CC)CCN(C(=O)CN(C)S(C)(=O)=O)c1nc2ccc(Br)cc2s1. The number of anilines is 1. The monoisotopic (exact) mass is 476 g/mol. The molecule has 0 spiro atoms. The van der Waals surface area contributed by atoms with Gasteiger partial charge in [0.05, 0.1) is 23.0 Å². The Morgan fingerprint density at radius 2 is 1.89 bits per heavy atom. The van der Waals surface area contributed by atoms with Gasteiger partial charge in [-0.15, -0.1) is 0 Å². The first-order valence-corrected chi connectivity index (χ1v) is 12.1. The largest absolute Gasteiger partial charge is 0.302 e. The van der Waals surface area contributed by atoms with Crippen molar-refractivity contribution in [2.24, 2.45) is 0 Å². The molecule has 0 fully saturated rings. The van der Waals surface area contributed by atoms with Crippen LogP contribution in [0, 0.1) is 0 Å². The molecule has 1 aromatic heterocycles. The molecule has 1 heterocycles. The summed E-state index contributed by atoms with van der Waals surface area (Å²) >= 11 is 4.88. The Kier molecular flexibility index (Phi) is 7.75. The fourth-order valence-corrected chi connectivity index (χ4v) is 4.41. The van der Waals surface area contributed by atoms with E-state index >= 15 is 0 Å². The molecule has 0 radical (unpaired) electrons. The van der Waals surface area contributed by atoms with E-state index < -0.39 is 10.0 Å². The highest BCUT2D eigenvalue weighted by Crippen LogP contribution is 2.31. The van der Waals surface area contributed by atoms with Crippen molar-refractivity contribution in [3.05, 3.63) is 22.7 Å². The summed E-state index contributed by atoms with van der Waals surface area (Å²) in [4.78, 5) is 21.3. The summed E-state index contributed by atoms with van der Waals surface area (Å²) in [5.41, 5.74) is 0.815. The Morgan fingerprint density at radius 3 is 2.48 bits per heavy atom. The van der Waals surface area contributed by atoms with Gasteiger partial charge in [-0.3, -0.25) is 9.69 Å². The molecule has 0 bridgehead atoms. The number of hydrogen-bond donors (Lipinski definition) is 0. The molecule has 0 aliphatic rings. The first-order chi connectivity index (χ1) is 12.7. The average Bonchev–Trinajstić information content (AvgIpc) is 3.00. The van der Waals surface area contributed by atoms with Crippen molar-refractivity contribution in [3.63, 3.8) is 0 Å². The molecule has 0 N–H and O–H groups in total. The second-order valence-electron chi connectivity index (χ2n) is 6.20. The van der Waals surface area contributed by atoms with Crippen molar-refractivity contribution in [2.45, 2.75) is 13.8 Å². The minimum absolute atomic E-state index is 0.212. The highest BCUT2D eigenvalue weighted by molar-refractivity contribution is 9.10. The number of amides is 1. The number of carbonyl (C=O) groups is 1. The van der Waals surface area contributed by atoms with E-state index in [0.29, 0.717) is 18.2 Å². The molecule has 7 nitrogen and oxygen atoms in total. The summed E-state index contributed by atoms with van der Waals surface area (Å²) in [5, 5.41) is 0.585. The number of fused-ring (bicyclic) bond motifs is 1. The first-order valence-electron chi connectivity index (χ1n) is 8.65. The quantitative estimate of drug-likeness (QED) is 0.555. The third-order valence-corrected chi connectivity index (χ3v) is 7.13. The second-order valence-corrected chi connectivity index (χ2v) is 10.2. The van der Waals surface area contributed by atoms with Crippen LogP contribution in [0.15, 0.2) is 22.7 Å². The van der Waals surface area contributed by atoms with Crippen molar-refractivity contribution in [1.82, 2.24) is 14.2 Å². The molecule has 2 aromatic rings. The lowest BCUT2D eigenvalue weighted by atomic mass is 10.3. The molecule has 2 rings (SSSR count).